The van der Waals surface area contributed by atoms with Crippen LogP contribution in [-0.2, 0) is 9.59 Å². The summed E-state index contributed by atoms with van der Waals surface area (Å²) in [7, 11) is 0. The van der Waals surface area contributed by atoms with Gasteiger partial charge in [0.1, 0.15) is 6.04 Å². The maximum Gasteiger partial charge on any atom is 0.242 e. The van der Waals surface area contributed by atoms with E-state index in [9.17, 15) is 9.59 Å². The zero-order valence-electron chi connectivity index (χ0n) is 12.9. The van der Waals surface area contributed by atoms with Crippen LogP contribution in [0.15, 0.2) is 0 Å². The van der Waals surface area contributed by atoms with Crippen molar-refractivity contribution in [2.24, 2.45) is 17.4 Å². The Kier molecular flexibility index (Phi) is 10.0. The molecule has 20 heavy (non-hydrogen) atoms. The number of nitrogens with two attached hydrogens (primary N) is 2. The summed E-state index contributed by atoms with van der Waals surface area (Å²) < 4.78 is 0. The molecule has 0 aliphatic rings. The summed E-state index contributed by atoms with van der Waals surface area (Å²) in [6.07, 6.45) is 4.09. The van der Waals surface area contributed by atoms with Crippen molar-refractivity contribution >= 4 is 11.8 Å². The lowest BCUT2D eigenvalue weighted by atomic mass is 10.0. The fraction of sp³-hybridized carbons (Fsp3) is 0.857. The van der Waals surface area contributed by atoms with Gasteiger partial charge in [-0.05, 0) is 32.2 Å². The van der Waals surface area contributed by atoms with Crippen molar-refractivity contribution in [1.29, 1.82) is 0 Å². The number of amides is 2. The first kappa shape index (κ1) is 18.9. The van der Waals surface area contributed by atoms with Gasteiger partial charge in [0.15, 0.2) is 0 Å². The van der Waals surface area contributed by atoms with Gasteiger partial charge >= 0.3 is 0 Å². The molecular formula is C14H30N4O2. The van der Waals surface area contributed by atoms with Crippen molar-refractivity contribution < 1.29 is 9.59 Å². The van der Waals surface area contributed by atoms with Crippen molar-refractivity contribution in [3.63, 3.8) is 0 Å². The third kappa shape index (κ3) is 8.12. The van der Waals surface area contributed by atoms with Crippen LogP contribution < -0.4 is 22.1 Å². The first-order valence-electron chi connectivity index (χ1n) is 7.43. The molecule has 0 aromatic heterocycles. The quantitative estimate of drug-likeness (QED) is 0.427. The summed E-state index contributed by atoms with van der Waals surface area (Å²) in [5.41, 5.74) is 10.9. The molecule has 6 heteroatoms. The smallest absolute Gasteiger partial charge is 0.242 e. The maximum atomic E-state index is 12.0. The Morgan fingerprint density at radius 1 is 1.00 bits per heavy atom. The van der Waals surface area contributed by atoms with Crippen molar-refractivity contribution in [1.82, 2.24) is 10.6 Å². The van der Waals surface area contributed by atoms with Crippen LogP contribution in [0.2, 0.25) is 0 Å². The minimum Gasteiger partial charge on any atom is -0.354 e. The molecule has 0 bridgehead atoms. The third-order valence-corrected chi connectivity index (χ3v) is 3.09. The van der Waals surface area contributed by atoms with E-state index in [0.29, 0.717) is 13.1 Å². The zero-order chi connectivity index (χ0) is 15.5. The summed E-state index contributed by atoms with van der Waals surface area (Å²) in [6.45, 7) is 6.73. The second kappa shape index (κ2) is 10.6. The molecule has 0 aliphatic heterocycles. The standard InChI is InChI=1S/C14H30N4O2/c1-10(2)12(18-13(19)11(3)16)14(20)17-9-7-5-4-6-8-15/h10-12H,4-9,15-16H2,1-3H3,(H,17,20)(H,18,19)/t11-,12-/m1/s1. The second-order valence-corrected chi connectivity index (χ2v) is 5.51. The Bertz CT molecular complexity index is 293. The van der Waals surface area contributed by atoms with Gasteiger partial charge in [0, 0.05) is 6.54 Å². The summed E-state index contributed by atoms with van der Waals surface area (Å²) in [4.78, 5) is 23.6. The molecule has 0 saturated heterocycles. The van der Waals surface area contributed by atoms with Crippen LogP contribution in [0.3, 0.4) is 0 Å². The third-order valence-electron chi connectivity index (χ3n) is 3.09. The minimum absolute atomic E-state index is 0.0231. The normalized spacial score (nSPS) is 13.9. The SMILES string of the molecule is CC(C)[C@@H](NC(=O)[C@@H](C)N)C(=O)NCCCCCCN. The molecule has 0 fully saturated rings. The van der Waals surface area contributed by atoms with E-state index in [1.54, 1.807) is 6.92 Å². The van der Waals surface area contributed by atoms with E-state index in [0.717, 1.165) is 25.7 Å². The van der Waals surface area contributed by atoms with Crippen molar-refractivity contribution in [3.8, 4) is 0 Å². The number of hydrogen-bond donors (Lipinski definition) is 4. The molecule has 2 atom stereocenters. The van der Waals surface area contributed by atoms with Crippen LogP contribution in [0.25, 0.3) is 0 Å². The number of unbranched alkanes of at least 4 members (excludes halogenated alkanes) is 3. The van der Waals surface area contributed by atoms with Crippen LogP contribution in [0.4, 0.5) is 0 Å². The van der Waals surface area contributed by atoms with E-state index in [1.165, 1.54) is 0 Å². The fourth-order valence-corrected chi connectivity index (χ4v) is 1.76. The van der Waals surface area contributed by atoms with Gasteiger partial charge in [-0.2, -0.15) is 0 Å². The maximum absolute atomic E-state index is 12.0. The van der Waals surface area contributed by atoms with Gasteiger partial charge in [-0.25, -0.2) is 0 Å². The van der Waals surface area contributed by atoms with Gasteiger partial charge in [0.25, 0.3) is 0 Å². The van der Waals surface area contributed by atoms with E-state index >= 15 is 0 Å². The van der Waals surface area contributed by atoms with Gasteiger partial charge in [0.05, 0.1) is 6.04 Å². The van der Waals surface area contributed by atoms with E-state index in [2.05, 4.69) is 10.6 Å². The van der Waals surface area contributed by atoms with Gasteiger partial charge < -0.3 is 22.1 Å². The molecule has 0 unspecified atom stereocenters. The van der Waals surface area contributed by atoms with Crippen molar-refractivity contribution in [2.75, 3.05) is 13.1 Å². The van der Waals surface area contributed by atoms with Crippen LogP contribution in [0.1, 0.15) is 46.5 Å². The Balaban J connectivity index is 4.07. The van der Waals surface area contributed by atoms with Gasteiger partial charge in [-0.3, -0.25) is 9.59 Å². The highest BCUT2D eigenvalue weighted by molar-refractivity contribution is 5.89. The van der Waals surface area contributed by atoms with Crippen molar-refractivity contribution in [3.05, 3.63) is 0 Å². The number of nitrogens with one attached hydrogen (secondary N) is 2. The predicted molar refractivity (Wildman–Crippen MR) is 81.0 cm³/mol. The molecule has 6 nitrogen and oxygen atoms in total. The lowest BCUT2D eigenvalue weighted by Crippen LogP contribution is -2.53. The molecule has 0 aromatic carbocycles. The number of carbonyl (C=O) groups excluding carboxylic acids is 2. The van der Waals surface area contributed by atoms with Crippen molar-refractivity contribution in [2.45, 2.75) is 58.5 Å². The first-order chi connectivity index (χ1) is 9.40. The van der Waals surface area contributed by atoms with Crippen LogP contribution in [-0.4, -0.2) is 37.0 Å². The lowest BCUT2D eigenvalue weighted by molar-refractivity contribution is -0.130. The topological polar surface area (TPSA) is 110 Å². The van der Waals surface area contributed by atoms with Gasteiger partial charge in [-0.1, -0.05) is 26.7 Å². The van der Waals surface area contributed by atoms with E-state index in [-0.39, 0.29) is 17.7 Å². The molecule has 0 saturated carbocycles. The number of carbonyl (C=O) groups is 2. The Labute approximate surface area is 122 Å². The van der Waals surface area contributed by atoms with E-state index in [1.807, 2.05) is 13.8 Å². The summed E-state index contributed by atoms with van der Waals surface area (Å²) >= 11 is 0. The average Bonchev–Trinajstić information content (AvgIpc) is 2.38. The zero-order valence-corrected chi connectivity index (χ0v) is 12.9. The second-order valence-electron chi connectivity index (χ2n) is 5.51. The predicted octanol–water partition coefficient (Wildman–Crippen LogP) is 0.110. The van der Waals surface area contributed by atoms with Crippen LogP contribution in [0, 0.1) is 5.92 Å². The largest absolute Gasteiger partial charge is 0.354 e. The molecule has 0 aromatic rings. The van der Waals surface area contributed by atoms with Crippen LogP contribution >= 0.6 is 0 Å². The molecule has 0 radical (unpaired) electrons. The molecule has 0 spiro atoms. The van der Waals surface area contributed by atoms with Gasteiger partial charge in [-0.15, -0.1) is 0 Å². The highest BCUT2D eigenvalue weighted by Crippen LogP contribution is 2.03. The number of rotatable bonds is 10. The summed E-state index contributed by atoms with van der Waals surface area (Å²) in [5, 5.41) is 5.54. The first-order valence-corrected chi connectivity index (χ1v) is 7.43. The highest BCUT2D eigenvalue weighted by atomic mass is 16.2. The monoisotopic (exact) mass is 286 g/mol. The van der Waals surface area contributed by atoms with Crippen LogP contribution in [0.5, 0.6) is 0 Å². The number of hydrogen-bond acceptors (Lipinski definition) is 4. The molecule has 0 aliphatic carbocycles. The molecule has 118 valence electrons. The molecule has 6 N–H and O–H groups in total. The fourth-order valence-electron chi connectivity index (χ4n) is 1.76. The lowest BCUT2D eigenvalue weighted by Gasteiger charge is -2.22. The van der Waals surface area contributed by atoms with E-state index in [4.69, 9.17) is 11.5 Å². The summed E-state index contributed by atoms with van der Waals surface area (Å²) in [6, 6.07) is -1.14. The summed E-state index contributed by atoms with van der Waals surface area (Å²) in [5.74, 6) is -0.426. The molecule has 0 rings (SSSR count). The molecule has 0 heterocycles. The average molecular weight is 286 g/mol. The highest BCUT2D eigenvalue weighted by Gasteiger charge is 2.24. The molecule has 2 amide bonds. The Morgan fingerprint density at radius 2 is 1.60 bits per heavy atom. The van der Waals surface area contributed by atoms with E-state index < -0.39 is 12.1 Å². The van der Waals surface area contributed by atoms with Gasteiger partial charge in [0.2, 0.25) is 11.8 Å². The Morgan fingerprint density at radius 3 is 2.10 bits per heavy atom. The minimum atomic E-state index is -0.611. The molecular weight excluding hydrogens is 256 g/mol. The Hall–Kier alpha value is -1.14.